The monoisotopic (exact) mass is 410 g/mol. The molecule has 24 heavy (non-hydrogen) atoms. The molecule has 0 saturated heterocycles. The van der Waals surface area contributed by atoms with Gasteiger partial charge in [0, 0.05) is 5.56 Å². The summed E-state index contributed by atoms with van der Waals surface area (Å²) in [6, 6.07) is 11.0. The zero-order chi connectivity index (χ0) is 17.7. The SMILES string of the molecule is CC(C)Oc1ccc(C(=O)NC(=S)Nc2ccccc2F)cc1Br. The van der Waals surface area contributed by atoms with Crippen molar-refractivity contribution in [1.82, 2.24) is 5.32 Å². The fourth-order valence-electron chi connectivity index (χ4n) is 1.88. The van der Waals surface area contributed by atoms with Crippen LogP contribution in [-0.4, -0.2) is 17.1 Å². The van der Waals surface area contributed by atoms with E-state index >= 15 is 0 Å². The number of halogens is 2. The highest BCUT2D eigenvalue weighted by Gasteiger charge is 2.12. The van der Waals surface area contributed by atoms with E-state index in [1.54, 1.807) is 30.3 Å². The molecule has 0 atom stereocenters. The lowest BCUT2D eigenvalue weighted by atomic mass is 10.2. The van der Waals surface area contributed by atoms with Crippen LogP contribution in [0.3, 0.4) is 0 Å². The Hall–Kier alpha value is -1.99. The van der Waals surface area contributed by atoms with Crippen LogP contribution in [0.5, 0.6) is 5.75 Å². The molecule has 0 unspecified atom stereocenters. The third kappa shape index (κ3) is 5.01. The molecule has 0 spiro atoms. The highest BCUT2D eigenvalue weighted by molar-refractivity contribution is 9.10. The van der Waals surface area contributed by atoms with E-state index in [-0.39, 0.29) is 16.9 Å². The quantitative estimate of drug-likeness (QED) is 0.728. The summed E-state index contributed by atoms with van der Waals surface area (Å²) in [5, 5.41) is 5.18. The molecule has 2 rings (SSSR count). The van der Waals surface area contributed by atoms with Gasteiger partial charge in [-0.15, -0.1) is 0 Å². The first-order chi connectivity index (χ1) is 11.4. The molecular weight excluding hydrogens is 395 g/mol. The van der Waals surface area contributed by atoms with Gasteiger partial charge in [0.2, 0.25) is 0 Å². The van der Waals surface area contributed by atoms with Gasteiger partial charge in [-0.1, -0.05) is 12.1 Å². The van der Waals surface area contributed by atoms with E-state index in [0.29, 0.717) is 15.8 Å². The number of hydrogen-bond acceptors (Lipinski definition) is 3. The first-order valence-electron chi connectivity index (χ1n) is 7.20. The highest BCUT2D eigenvalue weighted by Crippen LogP contribution is 2.27. The third-order valence-electron chi connectivity index (χ3n) is 2.91. The van der Waals surface area contributed by atoms with Gasteiger partial charge in [0.1, 0.15) is 11.6 Å². The number of thiocarbonyl (C=S) groups is 1. The topological polar surface area (TPSA) is 50.4 Å². The first-order valence-corrected chi connectivity index (χ1v) is 8.40. The van der Waals surface area contributed by atoms with E-state index in [0.717, 1.165) is 0 Å². The fraction of sp³-hybridized carbons (Fsp3) is 0.176. The van der Waals surface area contributed by atoms with Crippen molar-refractivity contribution < 1.29 is 13.9 Å². The largest absolute Gasteiger partial charge is 0.490 e. The Morgan fingerprint density at radius 2 is 1.96 bits per heavy atom. The van der Waals surface area contributed by atoms with Gasteiger partial charge >= 0.3 is 0 Å². The van der Waals surface area contributed by atoms with Gasteiger partial charge in [0.25, 0.3) is 5.91 Å². The van der Waals surface area contributed by atoms with Crippen LogP contribution in [0.2, 0.25) is 0 Å². The maximum Gasteiger partial charge on any atom is 0.257 e. The van der Waals surface area contributed by atoms with Crippen LogP contribution in [0, 0.1) is 5.82 Å². The van der Waals surface area contributed by atoms with Gasteiger partial charge < -0.3 is 10.1 Å². The number of carbonyl (C=O) groups is 1. The predicted octanol–water partition coefficient (Wildman–Crippen LogP) is 4.50. The Morgan fingerprint density at radius 1 is 1.25 bits per heavy atom. The van der Waals surface area contributed by atoms with Crippen molar-refractivity contribution in [2.24, 2.45) is 0 Å². The van der Waals surface area contributed by atoms with Crippen molar-refractivity contribution in [3.63, 3.8) is 0 Å². The van der Waals surface area contributed by atoms with Crippen molar-refractivity contribution in [3.8, 4) is 5.75 Å². The van der Waals surface area contributed by atoms with Crippen molar-refractivity contribution in [3.05, 3.63) is 58.3 Å². The van der Waals surface area contributed by atoms with Gasteiger partial charge in [0.15, 0.2) is 5.11 Å². The lowest BCUT2D eigenvalue weighted by Gasteiger charge is -2.13. The molecule has 7 heteroatoms. The minimum Gasteiger partial charge on any atom is -0.490 e. The van der Waals surface area contributed by atoms with Crippen LogP contribution in [0.4, 0.5) is 10.1 Å². The molecule has 2 aromatic rings. The molecule has 126 valence electrons. The highest BCUT2D eigenvalue weighted by atomic mass is 79.9. The van der Waals surface area contributed by atoms with Crippen LogP contribution in [0.15, 0.2) is 46.9 Å². The Bertz CT molecular complexity index is 768. The number of carbonyl (C=O) groups excluding carboxylic acids is 1. The summed E-state index contributed by atoms with van der Waals surface area (Å²) >= 11 is 8.41. The summed E-state index contributed by atoms with van der Waals surface area (Å²) < 4.78 is 19.8. The minimum absolute atomic E-state index is 0.0173. The van der Waals surface area contributed by atoms with Crippen LogP contribution < -0.4 is 15.4 Å². The van der Waals surface area contributed by atoms with Crippen LogP contribution in [0.1, 0.15) is 24.2 Å². The molecule has 0 aliphatic heterocycles. The summed E-state index contributed by atoms with van der Waals surface area (Å²) in [6.45, 7) is 3.83. The molecule has 0 aliphatic rings. The number of benzene rings is 2. The lowest BCUT2D eigenvalue weighted by molar-refractivity contribution is 0.0977. The van der Waals surface area contributed by atoms with Gasteiger partial charge in [0.05, 0.1) is 16.3 Å². The van der Waals surface area contributed by atoms with Crippen LogP contribution >= 0.6 is 28.1 Å². The van der Waals surface area contributed by atoms with Gasteiger partial charge in [-0.2, -0.15) is 0 Å². The number of amides is 1. The molecule has 0 radical (unpaired) electrons. The molecule has 2 N–H and O–H groups in total. The normalized spacial score (nSPS) is 10.4. The van der Waals surface area contributed by atoms with E-state index < -0.39 is 11.7 Å². The average Bonchev–Trinajstić information content (AvgIpc) is 2.51. The molecular formula is C17H16BrFN2O2S. The molecule has 1 amide bonds. The van der Waals surface area contributed by atoms with Gasteiger partial charge in [-0.25, -0.2) is 4.39 Å². The molecule has 0 heterocycles. The van der Waals surface area contributed by atoms with E-state index in [4.69, 9.17) is 17.0 Å². The van der Waals surface area contributed by atoms with E-state index in [1.165, 1.54) is 12.1 Å². The lowest BCUT2D eigenvalue weighted by Crippen LogP contribution is -2.34. The second-order valence-corrected chi connectivity index (χ2v) is 6.46. The summed E-state index contributed by atoms with van der Waals surface area (Å²) in [5.41, 5.74) is 0.598. The molecule has 0 fully saturated rings. The molecule has 2 aromatic carbocycles. The fourth-order valence-corrected chi connectivity index (χ4v) is 2.56. The Balaban J connectivity index is 2.03. The molecule has 0 bridgehead atoms. The number of hydrogen-bond donors (Lipinski definition) is 2. The van der Waals surface area contributed by atoms with E-state index in [1.807, 2.05) is 13.8 Å². The zero-order valence-electron chi connectivity index (χ0n) is 13.1. The summed E-state index contributed by atoms with van der Waals surface area (Å²) in [7, 11) is 0. The number of nitrogens with one attached hydrogen (secondary N) is 2. The summed E-state index contributed by atoms with van der Waals surface area (Å²) in [5.74, 6) is -0.207. The van der Waals surface area contributed by atoms with Crippen molar-refractivity contribution in [2.45, 2.75) is 20.0 Å². The minimum atomic E-state index is -0.452. The van der Waals surface area contributed by atoms with E-state index in [9.17, 15) is 9.18 Å². The molecule has 0 saturated carbocycles. The Labute approximate surface area is 153 Å². The zero-order valence-corrected chi connectivity index (χ0v) is 15.5. The Kier molecular flexibility index (Phi) is 6.28. The third-order valence-corrected chi connectivity index (χ3v) is 3.73. The summed E-state index contributed by atoms with van der Waals surface area (Å²) in [4.78, 5) is 12.2. The second-order valence-electron chi connectivity index (χ2n) is 5.20. The number of rotatable bonds is 4. The van der Waals surface area contributed by atoms with Crippen molar-refractivity contribution in [1.29, 1.82) is 0 Å². The predicted molar refractivity (Wildman–Crippen MR) is 100.0 cm³/mol. The number of para-hydroxylation sites is 1. The maximum atomic E-state index is 13.6. The number of anilines is 1. The van der Waals surface area contributed by atoms with Gasteiger partial charge in [-0.05, 0) is 72.3 Å². The first kappa shape index (κ1) is 18.4. The smallest absolute Gasteiger partial charge is 0.257 e. The molecule has 0 aromatic heterocycles. The summed E-state index contributed by atoms with van der Waals surface area (Å²) in [6.07, 6.45) is 0.0264. The average molecular weight is 411 g/mol. The van der Waals surface area contributed by atoms with Crippen LogP contribution in [-0.2, 0) is 0 Å². The van der Waals surface area contributed by atoms with Gasteiger partial charge in [-0.3, -0.25) is 10.1 Å². The number of ether oxygens (including phenoxy) is 1. The second kappa shape index (κ2) is 8.21. The standard InChI is InChI=1S/C17H16BrFN2O2S/c1-10(2)23-15-8-7-11(9-12(15)18)16(22)21-17(24)20-14-6-4-3-5-13(14)19/h3-10H,1-2H3,(H2,20,21,22,24). The molecule has 0 aliphatic carbocycles. The van der Waals surface area contributed by atoms with E-state index in [2.05, 4.69) is 26.6 Å². The van der Waals surface area contributed by atoms with Crippen molar-refractivity contribution in [2.75, 3.05) is 5.32 Å². The van der Waals surface area contributed by atoms with Crippen molar-refractivity contribution >= 4 is 44.9 Å². The Morgan fingerprint density at radius 3 is 2.58 bits per heavy atom. The molecule has 4 nitrogen and oxygen atoms in total. The van der Waals surface area contributed by atoms with Crippen LogP contribution in [0.25, 0.3) is 0 Å². The maximum absolute atomic E-state index is 13.6.